The van der Waals surface area contributed by atoms with Crippen molar-refractivity contribution < 1.29 is 4.79 Å². The van der Waals surface area contributed by atoms with Crippen LogP contribution in [0.2, 0.25) is 0 Å². The first-order valence-electron chi connectivity index (χ1n) is 6.97. The number of aryl methyl sites for hydroxylation is 1. The molecule has 2 nitrogen and oxygen atoms in total. The molecule has 1 amide bonds. The summed E-state index contributed by atoms with van der Waals surface area (Å²) in [5.41, 5.74) is 3.37. The second kappa shape index (κ2) is 5.74. The van der Waals surface area contributed by atoms with Gasteiger partial charge < -0.3 is 4.90 Å². The highest BCUT2D eigenvalue weighted by atomic mass is 16.2. The molecule has 0 aromatic heterocycles. The molecule has 0 saturated carbocycles. The molecule has 0 aliphatic carbocycles. The lowest BCUT2D eigenvalue weighted by Crippen LogP contribution is -2.34. The number of benzene rings is 2. The molecule has 0 spiro atoms. The van der Waals surface area contributed by atoms with Crippen LogP contribution in [-0.4, -0.2) is 12.5 Å². The molecule has 0 radical (unpaired) electrons. The molecule has 100 valence electrons. The lowest BCUT2D eigenvalue weighted by molar-refractivity contribution is -0.114. The van der Waals surface area contributed by atoms with Crippen LogP contribution < -0.4 is 4.90 Å². The zero-order valence-electron chi connectivity index (χ0n) is 11.3. The van der Waals surface area contributed by atoms with E-state index in [0.717, 1.165) is 30.6 Å². The van der Waals surface area contributed by atoms with Crippen LogP contribution in [0.25, 0.3) is 6.08 Å². The highest BCUT2D eigenvalue weighted by molar-refractivity contribution is 6.04. The van der Waals surface area contributed by atoms with Gasteiger partial charge in [0.1, 0.15) is 0 Å². The third kappa shape index (κ3) is 2.64. The van der Waals surface area contributed by atoms with Crippen molar-refractivity contribution in [2.24, 2.45) is 0 Å². The summed E-state index contributed by atoms with van der Waals surface area (Å²) in [7, 11) is 0. The second-order valence-corrected chi connectivity index (χ2v) is 4.97. The zero-order chi connectivity index (χ0) is 13.8. The average molecular weight is 263 g/mol. The van der Waals surface area contributed by atoms with Gasteiger partial charge in [0.15, 0.2) is 0 Å². The highest BCUT2D eigenvalue weighted by Gasteiger charge is 2.19. The Morgan fingerprint density at radius 2 is 1.75 bits per heavy atom. The lowest BCUT2D eigenvalue weighted by Gasteiger charge is -2.28. The van der Waals surface area contributed by atoms with Gasteiger partial charge in [-0.3, -0.25) is 4.79 Å². The number of hydrogen-bond donors (Lipinski definition) is 0. The van der Waals surface area contributed by atoms with Gasteiger partial charge in [-0.1, -0.05) is 48.5 Å². The smallest absolute Gasteiger partial charge is 0.250 e. The molecule has 20 heavy (non-hydrogen) atoms. The van der Waals surface area contributed by atoms with E-state index in [4.69, 9.17) is 0 Å². The van der Waals surface area contributed by atoms with Gasteiger partial charge in [-0.2, -0.15) is 0 Å². The first-order valence-corrected chi connectivity index (χ1v) is 6.97. The zero-order valence-corrected chi connectivity index (χ0v) is 11.3. The first kappa shape index (κ1) is 12.7. The van der Waals surface area contributed by atoms with Crippen LogP contribution in [0.15, 0.2) is 60.7 Å². The number of anilines is 1. The van der Waals surface area contributed by atoms with E-state index in [1.54, 1.807) is 6.08 Å². The average Bonchev–Trinajstić information content (AvgIpc) is 2.53. The van der Waals surface area contributed by atoms with E-state index in [0.29, 0.717) is 0 Å². The number of carbonyl (C=O) groups excluding carboxylic acids is 1. The summed E-state index contributed by atoms with van der Waals surface area (Å²) in [4.78, 5) is 14.2. The number of carbonyl (C=O) groups is 1. The number of fused-ring (bicyclic) bond motifs is 1. The Kier molecular flexibility index (Phi) is 3.64. The fourth-order valence-electron chi connectivity index (χ4n) is 2.58. The first-order chi connectivity index (χ1) is 9.84. The Bertz CT molecular complexity index is 631. The minimum absolute atomic E-state index is 0.0565. The van der Waals surface area contributed by atoms with Gasteiger partial charge in [0.25, 0.3) is 5.91 Å². The van der Waals surface area contributed by atoms with Crippen LogP contribution in [0.3, 0.4) is 0 Å². The van der Waals surface area contributed by atoms with E-state index >= 15 is 0 Å². The van der Waals surface area contributed by atoms with Gasteiger partial charge in [-0.15, -0.1) is 0 Å². The molecule has 2 heteroatoms. The van der Waals surface area contributed by atoms with Crippen LogP contribution in [-0.2, 0) is 11.2 Å². The van der Waals surface area contributed by atoms with Crippen LogP contribution in [0, 0.1) is 0 Å². The van der Waals surface area contributed by atoms with Gasteiger partial charge >= 0.3 is 0 Å². The van der Waals surface area contributed by atoms with Gasteiger partial charge in [0.2, 0.25) is 0 Å². The maximum atomic E-state index is 12.4. The molecule has 0 fully saturated rings. The molecule has 1 aliphatic heterocycles. The summed E-state index contributed by atoms with van der Waals surface area (Å²) < 4.78 is 0. The molecule has 0 N–H and O–H groups in total. The number of rotatable bonds is 2. The molecule has 2 aromatic rings. The predicted octanol–water partition coefficient (Wildman–Crippen LogP) is 3.68. The maximum absolute atomic E-state index is 12.4. The Balaban J connectivity index is 1.80. The third-order valence-electron chi connectivity index (χ3n) is 3.59. The minimum Gasteiger partial charge on any atom is -0.309 e. The van der Waals surface area contributed by atoms with Crippen molar-refractivity contribution >= 4 is 17.7 Å². The van der Waals surface area contributed by atoms with Crippen molar-refractivity contribution in [3.63, 3.8) is 0 Å². The Morgan fingerprint density at radius 3 is 2.60 bits per heavy atom. The quantitative estimate of drug-likeness (QED) is 0.757. The summed E-state index contributed by atoms with van der Waals surface area (Å²) in [5, 5.41) is 0. The SMILES string of the molecule is O=C(C=Cc1ccccc1)N1CCCc2ccccc21. The normalized spacial score (nSPS) is 14.3. The molecule has 2 aromatic carbocycles. The van der Waals surface area contributed by atoms with Crippen molar-refractivity contribution in [2.45, 2.75) is 12.8 Å². The Labute approximate surface area is 119 Å². The summed E-state index contributed by atoms with van der Waals surface area (Å²) in [6.07, 6.45) is 5.63. The molecule has 3 rings (SSSR count). The largest absolute Gasteiger partial charge is 0.309 e. The van der Waals surface area contributed by atoms with Gasteiger partial charge in [-0.05, 0) is 36.1 Å². The summed E-state index contributed by atoms with van der Waals surface area (Å²) >= 11 is 0. The van der Waals surface area contributed by atoms with Crippen LogP contribution in [0.5, 0.6) is 0 Å². The molecule has 0 saturated heterocycles. The number of para-hydroxylation sites is 1. The van der Waals surface area contributed by atoms with E-state index in [9.17, 15) is 4.79 Å². The summed E-state index contributed by atoms with van der Waals surface area (Å²) in [6.45, 7) is 0.801. The third-order valence-corrected chi connectivity index (χ3v) is 3.59. The Morgan fingerprint density at radius 1 is 1.00 bits per heavy atom. The highest BCUT2D eigenvalue weighted by Crippen LogP contribution is 2.26. The van der Waals surface area contributed by atoms with Crippen LogP contribution in [0.1, 0.15) is 17.5 Å². The predicted molar refractivity (Wildman–Crippen MR) is 82.6 cm³/mol. The number of hydrogen-bond acceptors (Lipinski definition) is 1. The molecular weight excluding hydrogens is 246 g/mol. The van der Waals surface area contributed by atoms with Crippen molar-refractivity contribution in [3.05, 3.63) is 71.8 Å². The van der Waals surface area contributed by atoms with E-state index in [1.807, 2.05) is 59.5 Å². The van der Waals surface area contributed by atoms with Crippen molar-refractivity contribution in [3.8, 4) is 0 Å². The molecule has 0 bridgehead atoms. The monoisotopic (exact) mass is 263 g/mol. The van der Waals surface area contributed by atoms with E-state index < -0.39 is 0 Å². The van der Waals surface area contributed by atoms with E-state index in [-0.39, 0.29) is 5.91 Å². The molecule has 0 unspecified atom stereocenters. The fraction of sp³-hybridized carbons (Fsp3) is 0.167. The molecule has 1 aliphatic rings. The maximum Gasteiger partial charge on any atom is 0.250 e. The summed E-state index contributed by atoms with van der Waals surface area (Å²) in [5.74, 6) is 0.0565. The van der Waals surface area contributed by atoms with Crippen molar-refractivity contribution in [1.29, 1.82) is 0 Å². The van der Waals surface area contributed by atoms with Gasteiger partial charge in [0, 0.05) is 18.3 Å². The second-order valence-electron chi connectivity index (χ2n) is 4.97. The van der Waals surface area contributed by atoms with E-state index in [2.05, 4.69) is 6.07 Å². The lowest BCUT2D eigenvalue weighted by atomic mass is 10.0. The topological polar surface area (TPSA) is 20.3 Å². The Hall–Kier alpha value is -2.35. The van der Waals surface area contributed by atoms with Crippen LogP contribution in [0.4, 0.5) is 5.69 Å². The molecule has 1 heterocycles. The molecular formula is C18H17NO. The van der Waals surface area contributed by atoms with E-state index in [1.165, 1.54) is 5.56 Å². The number of nitrogens with zero attached hydrogens (tertiary/aromatic N) is 1. The standard InChI is InChI=1S/C18H17NO/c20-18(13-12-15-7-2-1-3-8-15)19-14-6-10-16-9-4-5-11-17(16)19/h1-5,7-9,11-13H,6,10,14H2. The summed E-state index contributed by atoms with van der Waals surface area (Å²) in [6, 6.07) is 18.1. The van der Waals surface area contributed by atoms with Crippen molar-refractivity contribution in [2.75, 3.05) is 11.4 Å². The fourth-order valence-corrected chi connectivity index (χ4v) is 2.58. The minimum atomic E-state index is 0.0565. The van der Waals surface area contributed by atoms with Gasteiger partial charge in [0.05, 0.1) is 0 Å². The van der Waals surface area contributed by atoms with Gasteiger partial charge in [-0.25, -0.2) is 0 Å². The number of amides is 1. The van der Waals surface area contributed by atoms with Crippen LogP contribution >= 0.6 is 0 Å². The van der Waals surface area contributed by atoms with Crippen molar-refractivity contribution in [1.82, 2.24) is 0 Å². The molecule has 0 atom stereocenters.